The van der Waals surface area contributed by atoms with Crippen LogP contribution in [-0.4, -0.2) is 296 Å². The van der Waals surface area contributed by atoms with Crippen LogP contribution in [0.15, 0.2) is 90.3 Å². The minimum absolute atomic E-state index is 0.0142. The largest absolute Gasteiger partial charge is 0.445 e. The van der Waals surface area contributed by atoms with Crippen molar-refractivity contribution >= 4 is 45.3 Å². The number of nitrogens with one attached hydrogen (secondary N) is 2. The molecule has 0 radical (unpaired) electrons. The Bertz CT molecular complexity index is 3900. The number of aliphatic hydroxyl groups excluding tert-OH is 2. The molecule has 0 aliphatic carbocycles. The summed E-state index contributed by atoms with van der Waals surface area (Å²) in [4.78, 5) is 67.9. The van der Waals surface area contributed by atoms with Gasteiger partial charge in [-0.15, -0.1) is 5.10 Å². The number of alkyl halides is 1. The van der Waals surface area contributed by atoms with E-state index < -0.39 is 113 Å². The lowest BCUT2D eigenvalue weighted by molar-refractivity contribution is -0.277. The van der Waals surface area contributed by atoms with Crippen molar-refractivity contribution in [3.8, 4) is 6.07 Å². The van der Waals surface area contributed by atoms with Crippen LogP contribution >= 0.6 is 0 Å². The minimum atomic E-state index is -4.30. The van der Waals surface area contributed by atoms with Crippen LogP contribution in [0.5, 0.6) is 0 Å². The summed E-state index contributed by atoms with van der Waals surface area (Å²) < 4.78 is 145. The molecule has 3 aromatic rings. The van der Waals surface area contributed by atoms with Gasteiger partial charge in [-0.2, -0.15) is 13.7 Å². The number of aliphatic hydroxyl groups is 2. The van der Waals surface area contributed by atoms with Crippen molar-refractivity contribution in [3.05, 3.63) is 102 Å². The Labute approximate surface area is 668 Å². The van der Waals surface area contributed by atoms with E-state index in [1.807, 2.05) is 6.07 Å². The molecule has 0 saturated carbocycles. The molecular weight excluding hydrogens is 1530 g/mol. The summed E-state index contributed by atoms with van der Waals surface area (Å²) in [6, 6.07) is 10.8. The van der Waals surface area contributed by atoms with E-state index in [0.29, 0.717) is 115 Å². The Balaban J connectivity index is 0.543. The van der Waals surface area contributed by atoms with Crippen LogP contribution in [0.2, 0.25) is 0 Å². The van der Waals surface area contributed by atoms with E-state index >= 15 is 4.39 Å². The number of halogens is 1. The van der Waals surface area contributed by atoms with Crippen LogP contribution < -0.4 is 14.9 Å². The lowest BCUT2D eigenvalue weighted by Gasteiger charge is -2.47. The molecule has 10 bridgehead atoms. The van der Waals surface area contributed by atoms with Gasteiger partial charge in [0.15, 0.2) is 10.8 Å². The van der Waals surface area contributed by atoms with Crippen molar-refractivity contribution in [3.63, 3.8) is 0 Å². The Morgan fingerprint density at radius 2 is 1.43 bits per heavy atom. The number of hydrogen-bond acceptors (Lipinski definition) is 29. The lowest BCUT2D eigenvalue weighted by Crippen LogP contribution is -2.58. The van der Waals surface area contributed by atoms with Crippen LogP contribution in [0.25, 0.3) is 0 Å². The van der Waals surface area contributed by atoms with Crippen LogP contribution in [0.1, 0.15) is 113 Å². The number of carbonyl (C=O) groups excluding carboxylic acids is 5. The number of aromatic nitrogens is 4. The summed E-state index contributed by atoms with van der Waals surface area (Å²) in [6.07, 6.45) is -0.190. The topological polar surface area (TPSA) is 406 Å². The maximum absolute atomic E-state index is 16.1. The number of Topliss-reactive ketones (excluding diaryl/α,β-unsaturated/α-hetero) is 1. The van der Waals surface area contributed by atoms with E-state index in [2.05, 4.69) is 39.1 Å². The van der Waals surface area contributed by atoms with Gasteiger partial charge in [-0.05, 0) is 79.5 Å². The number of carbonyl (C=O) groups is 5. The molecule has 36 heteroatoms. The molecule has 4 N–H and O–H groups in total. The molecule has 1 aromatic carbocycles. The second kappa shape index (κ2) is 42.4. The highest BCUT2D eigenvalue weighted by molar-refractivity contribution is 7.92. The average molecular weight is 1630 g/mol. The number of ether oxygens (including phenoxy) is 16. The molecule has 9 aliphatic rings. The van der Waals surface area contributed by atoms with Gasteiger partial charge in [0.05, 0.1) is 202 Å². The number of methoxy groups -OCH3 is 1. The van der Waals surface area contributed by atoms with Crippen molar-refractivity contribution in [2.75, 3.05) is 123 Å². The van der Waals surface area contributed by atoms with Gasteiger partial charge in [-0.3, -0.25) is 28.4 Å². The number of ketones is 1. The monoisotopic (exact) mass is 1630 g/mol. The van der Waals surface area contributed by atoms with E-state index in [0.717, 1.165) is 14.8 Å². The third kappa shape index (κ3) is 24.3. The number of anilines is 1. The zero-order valence-electron chi connectivity index (χ0n) is 65.0. The first-order valence-electron chi connectivity index (χ1n) is 39.9. The van der Waals surface area contributed by atoms with Crippen LogP contribution in [-0.2, 0) is 125 Å². The molecule has 11 heterocycles. The van der Waals surface area contributed by atoms with E-state index in [1.165, 1.54) is 37.6 Å². The van der Waals surface area contributed by atoms with Gasteiger partial charge in [0.2, 0.25) is 5.91 Å². The van der Waals surface area contributed by atoms with Crippen LogP contribution in [0, 0.1) is 17.2 Å². The lowest BCUT2D eigenvalue weighted by atomic mass is 9.83. The zero-order valence-corrected chi connectivity index (χ0v) is 65.8. The molecule has 115 heavy (non-hydrogen) atoms. The molecule has 34 nitrogen and oxygen atoms in total. The summed E-state index contributed by atoms with van der Waals surface area (Å²) >= 11 is 0. The van der Waals surface area contributed by atoms with Crippen LogP contribution in [0.4, 0.5) is 14.9 Å². The van der Waals surface area contributed by atoms with E-state index in [4.69, 9.17) is 75.8 Å². The highest BCUT2D eigenvalue weighted by atomic mass is 32.2. The van der Waals surface area contributed by atoms with Gasteiger partial charge < -0.3 is 96.6 Å². The third-order valence-corrected chi connectivity index (χ3v) is 23.8. The Morgan fingerprint density at radius 3 is 2.15 bits per heavy atom. The first kappa shape index (κ1) is 87.1. The maximum atomic E-state index is 16.1. The van der Waals surface area contributed by atoms with Gasteiger partial charge in [0.1, 0.15) is 42.5 Å². The van der Waals surface area contributed by atoms with Crippen molar-refractivity contribution in [1.29, 1.82) is 5.26 Å². The predicted octanol–water partition coefficient (Wildman–Crippen LogP) is 3.89. The zero-order chi connectivity index (χ0) is 80.9. The standard InChI is InChI=1S/C79H108FN9O25S/c1-50-36-60-16-18-79-43-63(92)76(114-79)69-42-70(113-79)77-65(111-69)12-10-58(110-77)37-56(90)38-61-67(41-66-51(2)62(80)40-59(109-66)9-11-64(50)108-60)112-68(75(61)99-3)39-57(91)46-84-78(96)107-48-52-4-7-55(8-5-52)89(115(97,98)72-13-6-53(44-81)45-83-72)22-25-102-28-31-104-30-27-101-24-21-87-47-54(85-86-87)49-106-35-34-105-33-32-103-29-26-100-23-19-82-71(93)17-20-88-73(94)14-15-74(88)95/h4-8,13-15,45,47,57-70,75-77,91-92H,1-2,9-12,16-43,46,48-49H2,3H3,(H,82,93)(H,84,96)/t57?,58?,59-,60?,61?,62+,63+,64?,65?,66?,67-,68?,69?,70?,75+,76?,77-,79+/m0/s1. The SMILES string of the molecule is C=C1CC2CC[C@]34C[C@@H](O)C(O3)C3CC(O4)[C@H]4OC(CCC4O3)CC(=O)CC3[C@@H](OC)C(CC(O)CNC(=O)OCc4ccc(N(CCOCCOCCOCCn5cc(COCCOCCOCCOCCNC(=O)CCN6C(=O)C=CC6=O)nn5)S(=O)(=O)c5ccc(C#N)cn5)cc4)O[C@H]3CC3O[C@@H](CCC1O2)C[C@@H](F)C3=C. The van der Waals surface area contributed by atoms with Gasteiger partial charge in [0.25, 0.3) is 21.8 Å². The first-order chi connectivity index (χ1) is 55.7. The molecule has 8 saturated heterocycles. The van der Waals surface area contributed by atoms with Gasteiger partial charge in [-0.1, -0.05) is 30.5 Å². The Hall–Kier alpha value is -7.23. The van der Waals surface area contributed by atoms with E-state index in [1.54, 1.807) is 35.1 Å². The smallest absolute Gasteiger partial charge is 0.407 e. The second-order valence-corrected chi connectivity index (χ2v) is 32.0. The average Bonchev–Trinajstić information content (AvgIpc) is 1.59. The van der Waals surface area contributed by atoms with Crippen molar-refractivity contribution in [2.24, 2.45) is 5.92 Å². The van der Waals surface area contributed by atoms with Gasteiger partial charge in [0, 0.05) is 109 Å². The Morgan fingerprint density at radius 1 is 0.730 bits per heavy atom. The number of pyridine rings is 1. The minimum Gasteiger partial charge on any atom is -0.445 e. The molecule has 2 aromatic heterocycles. The summed E-state index contributed by atoms with van der Waals surface area (Å²) in [5.74, 6) is -2.86. The number of sulfonamides is 1. The summed E-state index contributed by atoms with van der Waals surface area (Å²) in [5.41, 5.74) is 2.80. The number of benzene rings is 1. The highest BCUT2D eigenvalue weighted by Gasteiger charge is 2.60. The van der Waals surface area contributed by atoms with Gasteiger partial charge in [-0.25, -0.2) is 18.9 Å². The van der Waals surface area contributed by atoms with Gasteiger partial charge >= 0.3 is 6.09 Å². The molecule has 9 aliphatic heterocycles. The summed E-state index contributed by atoms with van der Waals surface area (Å²) in [7, 11) is -2.78. The number of hydrogen-bond donors (Lipinski definition) is 4. The molecular formula is C79H108FN9O25S. The fourth-order valence-electron chi connectivity index (χ4n) is 16.2. The molecule has 8 fully saturated rings. The third-order valence-electron chi connectivity index (χ3n) is 22.1. The Kier molecular flexibility index (Phi) is 32.1. The van der Waals surface area contributed by atoms with E-state index in [-0.39, 0.29) is 182 Å². The second-order valence-electron chi connectivity index (χ2n) is 30.2. The summed E-state index contributed by atoms with van der Waals surface area (Å²) in [6.45, 7) is 12.4. The quantitative estimate of drug-likeness (QED) is 0.0357. The fraction of sp³-hybridized carbons (Fsp3) is 0.684. The summed E-state index contributed by atoms with van der Waals surface area (Å²) in [5, 5.41) is 45.5. The highest BCUT2D eigenvalue weighted by Crippen LogP contribution is 2.49. The van der Waals surface area contributed by atoms with Crippen molar-refractivity contribution < 1.29 is 123 Å². The molecule has 4 amide bonds. The molecule has 11 unspecified atom stereocenters. The number of imide groups is 1. The van der Waals surface area contributed by atoms with Crippen molar-refractivity contribution in [2.45, 2.75) is 225 Å². The molecule has 632 valence electrons. The fourth-order valence-corrected chi connectivity index (χ4v) is 17.6. The number of alkyl carbamates (subject to hydrolysis) is 1. The number of rotatable bonds is 39. The maximum Gasteiger partial charge on any atom is 0.407 e. The normalized spacial score (nSPS) is 29.7. The predicted molar refractivity (Wildman–Crippen MR) is 401 cm³/mol. The number of nitrogens with zero attached hydrogens (tertiary/aromatic N) is 7. The number of nitriles is 1. The van der Waals surface area contributed by atoms with Crippen LogP contribution in [0.3, 0.4) is 0 Å². The number of amides is 4. The van der Waals surface area contributed by atoms with Crippen molar-refractivity contribution in [1.82, 2.24) is 35.5 Å². The number of fused-ring (bicyclic) bond motifs is 9. The molecule has 1 spiro atoms. The molecule has 18 atom stereocenters. The van der Waals surface area contributed by atoms with E-state index in [9.17, 15) is 47.9 Å². The molecule has 12 rings (SSSR count). The first-order valence-corrected chi connectivity index (χ1v) is 41.3.